The Bertz CT molecular complexity index is 1100. The number of benzene rings is 1. The monoisotopic (exact) mass is 412 g/mol. The smallest absolute Gasteiger partial charge is 0.281 e. The Hall–Kier alpha value is -2.22. The number of rotatable bonds is 5. The fourth-order valence-corrected chi connectivity index (χ4v) is 5.36. The Labute approximate surface area is 173 Å². The van der Waals surface area contributed by atoms with E-state index in [1.165, 1.54) is 15.4 Å². The topological polar surface area (TPSA) is 57.9 Å². The molecule has 7 heteroatoms. The fourth-order valence-electron chi connectivity index (χ4n) is 4.25. The molecule has 1 aromatic carbocycles. The van der Waals surface area contributed by atoms with Crippen LogP contribution in [-0.2, 0) is 22.0 Å². The standard InChI is InChI=1S/C22H28N4O2S/c1-4-18-10-13-25-17-20(23-21(25)16-18)22(19-8-6-5-7-9-19)11-14-26(15-12-22)29(27,28)24(2)3/h5-10,13,16-17H,4,11-12,14-15H2,1-3H3. The number of nitrogens with zero attached hydrogens (tertiary/aromatic N) is 4. The first-order valence-corrected chi connectivity index (χ1v) is 11.5. The van der Waals surface area contributed by atoms with Crippen LogP contribution in [0.3, 0.4) is 0 Å². The van der Waals surface area contributed by atoms with Crippen molar-refractivity contribution in [3.63, 3.8) is 0 Å². The minimum Gasteiger partial charge on any atom is -0.307 e. The highest BCUT2D eigenvalue weighted by molar-refractivity contribution is 7.86. The van der Waals surface area contributed by atoms with Crippen molar-refractivity contribution in [1.29, 1.82) is 0 Å². The molecule has 0 aliphatic carbocycles. The average Bonchev–Trinajstić information content (AvgIpc) is 3.18. The maximum atomic E-state index is 12.6. The molecule has 0 N–H and O–H groups in total. The summed E-state index contributed by atoms with van der Waals surface area (Å²) in [5.41, 5.74) is 4.12. The van der Waals surface area contributed by atoms with Gasteiger partial charge in [-0.05, 0) is 42.5 Å². The highest BCUT2D eigenvalue weighted by Gasteiger charge is 2.42. The lowest BCUT2D eigenvalue weighted by Crippen LogP contribution is -2.49. The van der Waals surface area contributed by atoms with E-state index in [0.29, 0.717) is 25.9 Å². The summed E-state index contributed by atoms with van der Waals surface area (Å²) >= 11 is 0. The number of fused-ring (bicyclic) bond motifs is 1. The van der Waals surface area contributed by atoms with Crippen molar-refractivity contribution in [1.82, 2.24) is 18.0 Å². The van der Waals surface area contributed by atoms with E-state index in [2.05, 4.69) is 48.0 Å². The number of aromatic nitrogens is 2. The van der Waals surface area contributed by atoms with Gasteiger partial charge in [-0.3, -0.25) is 0 Å². The lowest BCUT2D eigenvalue weighted by atomic mass is 9.71. The first-order chi connectivity index (χ1) is 13.9. The Balaban J connectivity index is 1.76. The molecule has 2 aromatic heterocycles. The zero-order valence-electron chi connectivity index (χ0n) is 17.2. The molecule has 0 amide bonds. The van der Waals surface area contributed by atoms with Crippen LogP contribution < -0.4 is 0 Å². The molecular weight excluding hydrogens is 384 g/mol. The van der Waals surface area contributed by atoms with Gasteiger partial charge in [0.1, 0.15) is 5.65 Å². The lowest BCUT2D eigenvalue weighted by molar-refractivity contribution is 0.252. The summed E-state index contributed by atoms with van der Waals surface area (Å²) in [4.78, 5) is 5.00. The zero-order valence-corrected chi connectivity index (χ0v) is 18.1. The first kappa shape index (κ1) is 20.1. The van der Waals surface area contributed by atoms with Gasteiger partial charge in [-0.25, -0.2) is 4.98 Å². The predicted molar refractivity (Wildman–Crippen MR) is 115 cm³/mol. The van der Waals surface area contributed by atoms with E-state index in [1.807, 2.05) is 18.2 Å². The highest BCUT2D eigenvalue weighted by atomic mass is 32.2. The molecule has 0 spiro atoms. The van der Waals surface area contributed by atoms with E-state index in [4.69, 9.17) is 4.98 Å². The van der Waals surface area contributed by atoms with Gasteiger partial charge in [0.05, 0.1) is 5.69 Å². The second-order valence-electron chi connectivity index (χ2n) is 7.92. The van der Waals surface area contributed by atoms with Crippen LogP contribution in [0.1, 0.15) is 36.6 Å². The Kier molecular flexibility index (Phi) is 5.23. The molecule has 3 heterocycles. The Morgan fingerprint density at radius 2 is 1.79 bits per heavy atom. The molecule has 0 saturated carbocycles. The van der Waals surface area contributed by atoms with E-state index in [0.717, 1.165) is 17.8 Å². The Morgan fingerprint density at radius 1 is 1.10 bits per heavy atom. The van der Waals surface area contributed by atoms with Crippen LogP contribution in [0.5, 0.6) is 0 Å². The minimum absolute atomic E-state index is 0.294. The van der Waals surface area contributed by atoms with E-state index in [9.17, 15) is 8.42 Å². The van der Waals surface area contributed by atoms with Crippen molar-refractivity contribution >= 4 is 15.9 Å². The summed E-state index contributed by atoms with van der Waals surface area (Å²) in [6.07, 6.45) is 6.55. The van der Waals surface area contributed by atoms with Gasteiger partial charge >= 0.3 is 0 Å². The summed E-state index contributed by atoms with van der Waals surface area (Å²) in [5, 5.41) is 0. The highest BCUT2D eigenvalue weighted by Crippen LogP contribution is 2.42. The summed E-state index contributed by atoms with van der Waals surface area (Å²) < 4.78 is 30.2. The molecular formula is C22H28N4O2S. The van der Waals surface area contributed by atoms with Gasteiger partial charge in [0, 0.05) is 45.0 Å². The molecule has 3 aromatic rings. The average molecular weight is 413 g/mol. The third-order valence-corrected chi connectivity index (χ3v) is 8.05. The number of aryl methyl sites for hydroxylation is 1. The van der Waals surface area contributed by atoms with Crippen molar-refractivity contribution in [3.8, 4) is 0 Å². The number of hydrogen-bond acceptors (Lipinski definition) is 3. The maximum Gasteiger partial charge on any atom is 0.281 e. The van der Waals surface area contributed by atoms with Crippen LogP contribution in [0, 0.1) is 0 Å². The van der Waals surface area contributed by atoms with Gasteiger partial charge in [0.15, 0.2) is 0 Å². The molecule has 4 rings (SSSR count). The van der Waals surface area contributed by atoms with E-state index < -0.39 is 10.2 Å². The quantitative estimate of drug-likeness (QED) is 0.647. The van der Waals surface area contributed by atoms with Crippen molar-refractivity contribution < 1.29 is 8.42 Å². The van der Waals surface area contributed by atoms with Crippen molar-refractivity contribution in [2.24, 2.45) is 0 Å². The number of pyridine rings is 1. The first-order valence-electron chi connectivity index (χ1n) is 10.1. The molecule has 1 aliphatic rings. The molecule has 0 unspecified atom stereocenters. The van der Waals surface area contributed by atoms with E-state index >= 15 is 0 Å². The van der Waals surface area contributed by atoms with Crippen LogP contribution in [0.4, 0.5) is 0 Å². The maximum absolute atomic E-state index is 12.6. The van der Waals surface area contributed by atoms with Gasteiger partial charge in [-0.15, -0.1) is 0 Å². The van der Waals surface area contributed by atoms with Gasteiger partial charge in [-0.2, -0.15) is 17.0 Å². The van der Waals surface area contributed by atoms with Gasteiger partial charge in [0.25, 0.3) is 10.2 Å². The molecule has 29 heavy (non-hydrogen) atoms. The lowest BCUT2D eigenvalue weighted by Gasteiger charge is -2.41. The second kappa shape index (κ2) is 7.55. The summed E-state index contributed by atoms with van der Waals surface area (Å²) in [7, 11) is -0.237. The molecule has 1 saturated heterocycles. The molecule has 1 aliphatic heterocycles. The van der Waals surface area contributed by atoms with Crippen molar-refractivity contribution in [2.45, 2.75) is 31.6 Å². The van der Waals surface area contributed by atoms with Gasteiger partial charge < -0.3 is 4.40 Å². The summed E-state index contributed by atoms with van der Waals surface area (Å²) in [6, 6.07) is 14.6. The summed E-state index contributed by atoms with van der Waals surface area (Å²) in [6.45, 7) is 3.09. The molecule has 6 nitrogen and oxygen atoms in total. The molecule has 0 radical (unpaired) electrons. The number of hydrogen-bond donors (Lipinski definition) is 0. The van der Waals surface area contributed by atoms with Gasteiger partial charge in [-0.1, -0.05) is 37.3 Å². The molecule has 0 atom stereocenters. The third kappa shape index (κ3) is 3.47. The zero-order chi connectivity index (χ0) is 20.6. The number of imidazole rings is 1. The third-order valence-electron chi connectivity index (χ3n) is 6.11. The molecule has 0 bridgehead atoms. The SMILES string of the molecule is CCc1ccn2cc(C3(c4ccccc4)CCN(S(=O)(=O)N(C)C)CC3)nc2c1. The van der Waals surface area contributed by atoms with Crippen LogP contribution in [0.15, 0.2) is 54.9 Å². The van der Waals surface area contributed by atoms with Crippen LogP contribution >= 0.6 is 0 Å². The second-order valence-corrected chi connectivity index (χ2v) is 10.1. The number of piperidine rings is 1. The summed E-state index contributed by atoms with van der Waals surface area (Å²) in [5.74, 6) is 0. The van der Waals surface area contributed by atoms with Crippen LogP contribution in [-0.4, -0.2) is 53.6 Å². The van der Waals surface area contributed by atoms with Gasteiger partial charge in [0.2, 0.25) is 0 Å². The van der Waals surface area contributed by atoms with Crippen LogP contribution in [0.2, 0.25) is 0 Å². The van der Waals surface area contributed by atoms with Crippen molar-refractivity contribution in [2.75, 3.05) is 27.2 Å². The predicted octanol–water partition coefficient (Wildman–Crippen LogP) is 3.09. The Morgan fingerprint density at radius 3 is 2.41 bits per heavy atom. The largest absolute Gasteiger partial charge is 0.307 e. The van der Waals surface area contributed by atoms with E-state index in [-0.39, 0.29) is 5.41 Å². The van der Waals surface area contributed by atoms with E-state index in [1.54, 1.807) is 18.4 Å². The molecule has 154 valence electrons. The normalized spacial score (nSPS) is 17.8. The van der Waals surface area contributed by atoms with Crippen molar-refractivity contribution in [3.05, 3.63) is 71.7 Å². The minimum atomic E-state index is -3.41. The fraction of sp³-hybridized carbons (Fsp3) is 0.409. The van der Waals surface area contributed by atoms with Crippen LogP contribution in [0.25, 0.3) is 5.65 Å². The molecule has 1 fully saturated rings.